The minimum atomic E-state index is 0.780. The van der Waals surface area contributed by atoms with Crippen LogP contribution in [-0.2, 0) is 18.6 Å². The molecule has 3 heterocycles. The molecule has 1 aliphatic rings. The van der Waals surface area contributed by atoms with Gasteiger partial charge in [0.05, 0.1) is 17.5 Å². The van der Waals surface area contributed by atoms with Crippen LogP contribution in [-0.4, -0.2) is 26.3 Å². The molecule has 0 amide bonds. The van der Waals surface area contributed by atoms with Gasteiger partial charge in [0, 0.05) is 36.4 Å². The van der Waals surface area contributed by atoms with Crippen LogP contribution in [0.4, 0.5) is 5.82 Å². The summed E-state index contributed by atoms with van der Waals surface area (Å²) in [5.41, 5.74) is 4.53. The SMILES string of the molecule is CCNc1nc(-c2cnn(C)c2C)nc2c1CSC2. The van der Waals surface area contributed by atoms with E-state index in [2.05, 4.69) is 22.3 Å². The van der Waals surface area contributed by atoms with Crippen molar-refractivity contribution >= 4 is 17.6 Å². The fourth-order valence-electron chi connectivity index (χ4n) is 2.20. The Morgan fingerprint density at radius 3 is 2.89 bits per heavy atom. The van der Waals surface area contributed by atoms with Crippen molar-refractivity contribution in [2.75, 3.05) is 11.9 Å². The summed E-state index contributed by atoms with van der Waals surface area (Å²) in [6.45, 7) is 5.01. The van der Waals surface area contributed by atoms with Gasteiger partial charge in [0.25, 0.3) is 0 Å². The third kappa shape index (κ3) is 2.10. The molecule has 19 heavy (non-hydrogen) atoms. The summed E-state index contributed by atoms with van der Waals surface area (Å²) in [6, 6.07) is 0. The number of aromatic nitrogens is 4. The third-order valence-corrected chi connectivity index (χ3v) is 4.37. The molecule has 0 saturated heterocycles. The second-order valence-corrected chi connectivity index (χ2v) is 5.60. The van der Waals surface area contributed by atoms with E-state index in [1.54, 1.807) is 0 Å². The summed E-state index contributed by atoms with van der Waals surface area (Å²) in [5, 5.41) is 7.63. The maximum Gasteiger partial charge on any atom is 0.165 e. The van der Waals surface area contributed by atoms with Crippen molar-refractivity contribution in [3.05, 3.63) is 23.1 Å². The number of aryl methyl sites for hydroxylation is 1. The molecular weight excluding hydrogens is 258 g/mol. The van der Waals surface area contributed by atoms with Gasteiger partial charge in [-0.2, -0.15) is 16.9 Å². The van der Waals surface area contributed by atoms with E-state index in [1.807, 2.05) is 36.6 Å². The quantitative estimate of drug-likeness (QED) is 0.932. The standard InChI is InChI=1S/C13H17N5S/c1-4-14-12-10-6-19-7-11(10)16-13(17-12)9-5-15-18(3)8(9)2/h5H,4,6-7H2,1-3H3,(H,14,16,17). The first kappa shape index (κ1) is 12.5. The Kier molecular flexibility index (Phi) is 3.18. The van der Waals surface area contributed by atoms with Crippen molar-refractivity contribution in [3.63, 3.8) is 0 Å². The molecule has 1 N–H and O–H groups in total. The van der Waals surface area contributed by atoms with Crippen LogP contribution < -0.4 is 5.32 Å². The highest BCUT2D eigenvalue weighted by Crippen LogP contribution is 2.34. The highest BCUT2D eigenvalue weighted by Gasteiger charge is 2.21. The molecule has 2 aromatic heterocycles. The van der Waals surface area contributed by atoms with Gasteiger partial charge in [-0.15, -0.1) is 0 Å². The van der Waals surface area contributed by atoms with Gasteiger partial charge in [-0.25, -0.2) is 9.97 Å². The molecule has 0 radical (unpaired) electrons. The lowest BCUT2D eigenvalue weighted by Crippen LogP contribution is -2.07. The Bertz CT molecular complexity index is 620. The van der Waals surface area contributed by atoms with E-state index in [0.29, 0.717) is 0 Å². The van der Waals surface area contributed by atoms with Crippen LogP contribution in [0, 0.1) is 6.92 Å². The van der Waals surface area contributed by atoms with Crippen LogP contribution in [0.25, 0.3) is 11.4 Å². The second-order valence-electron chi connectivity index (χ2n) is 4.61. The van der Waals surface area contributed by atoms with Gasteiger partial charge in [-0.3, -0.25) is 4.68 Å². The molecule has 100 valence electrons. The highest BCUT2D eigenvalue weighted by atomic mass is 32.2. The fourth-order valence-corrected chi connectivity index (χ4v) is 3.25. The largest absolute Gasteiger partial charge is 0.370 e. The van der Waals surface area contributed by atoms with Gasteiger partial charge in [0.15, 0.2) is 5.82 Å². The molecule has 0 saturated carbocycles. The third-order valence-electron chi connectivity index (χ3n) is 3.40. The first-order valence-electron chi connectivity index (χ1n) is 6.41. The lowest BCUT2D eigenvalue weighted by atomic mass is 10.2. The second kappa shape index (κ2) is 4.85. The molecule has 0 bridgehead atoms. The van der Waals surface area contributed by atoms with Gasteiger partial charge in [-0.05, 0) is 13.8 Å². The summed E-state index contributed by atoms with van der Waals surface area (Å²) >= 11 is 1.89. The molecular formula is C13H17N5S. The zero-order valence-corrected chi connectivity index (χ0v) is 12.2. The normalized spacial score (nSPS) is 13.6. The van der Waals surface area contributed by atoms with E-state index >= 15 is 0 Å². The van der Waals surface area contributed by atoms with Crippen LogP contribution in [0.15, 0.2) is 6.20 Å². The summed E-state index contributed by atoms with van der Waals surface area (Å²) in [6.07, 6.45) is 1.84. The Balaban J connectivity index is 2.12. The molecule has 0 spiro atoms. The van der Waals surface area contributed by atoms with Crippen molar-refractivity contribution in [1.29, 1.82) is 0 Å². The van der Waals surface area contributed by atoms with E-state index in [-0.39, 0.29) is 0 Å². The minimum absolute atomic E-state index is 0.780. The van der Waals surface area contributed by atoms with E-state index in [9.17, 15) is 0 Å². The molecule has 2 aromatic rings. The number of rotatable bonds is 3. The zero-order valence-electron chi connectivity index (χ0n) is 11.4. The molecule has 0 fully saturated rings. The number of thioether (sulfide) groups is 1. The Morgan fingerprint density at radius 1 is 1.37 bits per heavy atom. The predicted octanol–water partition coefficient (Wildman–Crippen LogP) is 2.36. The summed E-state index contributed by atoms with van der Waals surface area (Å²) in [7, 11) is 1.94. The number of hydrogen-bond acceptors (Lipinski definition) is 5. The van der Waals surface area contributed by atoms with Gasteiger partial charge >= 0.3 is 0 Å². The average molecular weight is 275 g/mol. The fraction of sp³-hybridized carbons (Fsp3) is 0.462. The van der Waals surface area contributed by atoms with Gasteiger partial charge in [-0.1, -0.05) is 0 Å². The summed E-state index contributed by atoms with van der Waals surface area (Å²) < 4.78 is 1.85. The van der Waals surface area contributed by atoms with Crippen LogP contribution in [0.5, 0.6) is 0 Å². The maximum atomic E-state index is 4.72. The molecule has 1 aliphatic heterocycles. The van der Waals surface area contributed by atoms with E-state index in [1.165, 1.54) is 5.56 Å². The number of fused-ring (bicyclic) bond motifs is 1. The van der Waals surface area contributed by atoms with Crippen molar-refractivity contribution in [2.45, 2.75) is 25.4 Å². The summed E-state index contributed by atoms with van der Waals surface area (Å²) in [4.78, 5) is 9.40. The number of hydrogen-bond donors (Lipinski definition) is 1. The maximum absolute atomic E-state index is 4.72. The molecule has 6 heteroatoms. The van der Waals surface area contributed by atoms with Crippen molar-refractivity contribution in [1.82, 2.24) is 19.7 Å². The van der Waals surface area contributed by atoms with Crippen LogP contribution in [0.1, 0.15) is 23.9 Å². The smallest absolute Gasteiger partial charge is 0.165 e. The predicted molar refractivity (Wildman–Crippen MR) is 78.1 cm³/mol. The van der Waals surface area contributed by atoms with Gasteiger partial charge < -0.3 is 5.32 Å². The molecule has 3 rings (SSSR count). The van der Waals surface area contributed by atoms with Crippen LogP contribution in [0.3, 0.4) is 0 Å². The minimum Gasteiger partial charge on any atom is -0.370 e. The first-order valence-corrected chi connectivity index (χ1v) is 7.56. The highest BCUT2D eigenvalue weighted by molar-refractivity contribution is 7.98. The first-order chi connectivity index (χ1) is 9.20. The number of nitrogens with zero attached hydrogens (tertiary/aromatic N) is 4. The van der Waals surface area contributed by atoms with Crippen LogP contribution in [0.2, 0.25) is 0 Å². The Hall–Kier alpha value is -1.56. The Morgan fingerprint density at radius 2 is 2.21 bits per heavy atom. The van der Waals surface area contributed by atoms with Gasteiger partial charge in [0.1, 0.15) is 5.82 Å². The number of anilines is 1. The topological polar surface area (TPSA) is 55.6 Å². The monoisotopic (exact) mass is 275 g/mol. The van der Waals surface area contributed by atoms with E-state index in [4.69, 9.17) is 4.98 Å². The van der Waals surface area contributed by atoms with Gasteiger partial charge in [0.2, 0.25) is 0 Å². The van der Waals surface area contributed by atoms with E-state index in [0.717, 1.165) is 46.6 Å². The lowest BCUT2D eigenvalue weighted by Gasteiger charge is -2.10. The molecule has 5 nitrogen and oxygen atoms in total. The van der Waals surface area contributed by atoms with E-state index < -0.39 is 0 Å². The number of nitrogens with one attached hydrogen (secondary N) is 1. The molecule has 0 aliphatic carbocycles. The average Bonchev–Trinajstić information content (AvgIpc) is 2.98. The van der Waals surface area contributed by atoms with Crippen molar-refractivity contribution < 1.29 is 0 Å². The summed E-state index contributed by atoms with van der Waals surface area (Å²) in [5.74, 6) is 3.74. The van der Waals surface area contributed by atoms with Crippen LogP contribution >= 0.6 is 11.8 Å². The molecule has 0 aromatic carbocycles. The van der Waals surface area contributed by atoms with Crippen molar-refractivity contribution in [2.24, 2.45) is 7.05 Å². The van der Waals surface area contributed by atoms with Crippen molar-refractivity contribution in [3.8, 4) is 11.4 Å². The zero-order chi connectivity index (χ0) is 13.4. The molecule has 0 atom stereocenters. The lowest BCUT2D eigenvalue weighted by molar-refractivity contribution is 0.740. The molecule has 0 unspecified atom stereocenters. The Labute approximate surface area is 116 Å².